The topological polar surface area (TPSA) is 99.6 Å². The molecule has 1 aromatic heterocycles. The fourth-order valence-corrected chi connectivity index (χ4v) is 5.12. The quantitative estimate of drug-likeness (QED) is 0.120. The molecule has 0 aliphatic rings. The lowest BCUT2D eigenvalue weighted by molar-refractivity contribution is -0.386. The number of hydrogen-bond donors (Lipinski definition) is 0. The van der Waals surface area contributed by atoms with Crippen molar-refractivity contribution >= 4 is 70.6 Å². The van der Waals surface area contributed by atoms with Crippen molar-refractivity contribution in [2.45, 2.75) is 32.8 Å². The Bertz CT molecular complexity index is 1610. The minimum atomic E-state index is -0.509. The first kappa shape index (κ1) is 27.2. The summed E-state index contributed by atoms with van der Waals surface area (Å²) in [6, 6.07) is 15.4. The first-order valence-electron chi connectivity index (χ1n) is 11.1. The van der Waals surface area contributed by atoms with Gasteiger partial charge in [0.15, 0.2) is 0 Å². The maximum atomic E-state index is 13.4. The first-order chi connectivity index (χ1) is 17.5. The number of para-hydroxylation sites is 1. The average Bonchev–Trinajstić information content (AvgIpc) is 2.82. The zero-order chi connectivity index (χ0) is 26.9. The lowest BCUT2D eigenvalue weighted by atomic mass is 9.95. The Hall–Kier alpha value is -2.89. The molecule has 11 heteroatoms. The first-order valence-corrected chi connectivity index (χ1v) is 13.4. The number of benzene rings is 3. The van der Waals surface area contributed by atoms with E-state index in [1.165, 1.54) is 17.0 Å². The van der Waals surface area contributed by atoms with E-state index in [4.69, 9.17) is 9.72 Å². The van der Waals surface area contributed by atoms with Gasteiger partial charge in [-0.2, -0.15) is 9.78 Å². The van der Waals surface area contributed by atoms with Crippen LogP contribution in [0.15, 0.2) is 77.9 Å². The predicted octanol–water partition coefficient (Wildman–Crippen LogP) is 7.35. The summed E-state index contributed by atoms with van der Waals surface area (Å²) in [6.07, 6.45) is 1.39. The van der Waals surface area contributed by atoms with Crippen molar-refractivity contribution in [3.8, 4) is 5.75 Å². The van der Waals surface area contributed by atoms with Crippen LogP contribution in [0, 0.1) is 10.1 Å². The summed E-state index contributed by atoms with van der Waals surface area (Å²) >= 11 is 10.3. The number of fused-ring (bicyclic) bond motifs is 1. The molecule has 0 unspecified atom stereocenters. The third kappa shape index (κ3) is 6.00. The van der Waals surface area contributed by atoms with Crippen LogP contribution in [0.5, 0.6) is 5.75 Å². The Balaban J connectivity index is 1.82. The Morgan fingerprint density at radius 2 is 1.78 bits per heavy atom. The highest BCUT2D eigenvalue weighted by Gasteiger charge is 2.24. The molecule has 4 aromatic rings. The van der Waals surface area contributed by atoms with Gasteiger partial charge in [-0.1, -0.05) is 80.7 Å². The number of ether oxygens (including phenoxy) is 1. The lowest BCUT2D eigenvalue weighted by Gasteiger charge is -2.21. The second kappa shape index (κ2) is 10.8. The second-order valence-corrected chi connectivity index (χ2v) is 11.9. The Kier molecular flexibility index (Phi) is 7.96. The molecular formula is C26H21Br3N4O4. The van der Waals surface area contributed by atoms with E-state index >= 15 is 0 Å². The molecule has 0 saturated carbocycles. The SMILES string of the molecule is CC(C)(C)c1nc2ccc(Br)cc2c(=O)n1N=Cc1cccc([N+](=O)[O-])c1OCc1ccc(Br)cc1Br. The third-order valence-electron chi connectivity index (χ3n) is 5.40. The molecule has 3 aromatic carbocycles. The monoisotopic (exact) mass is 690 g/mol. The maximum Gasteiger partial charge on any atom is 0.311 e. The molecule has 4 rings (SSSR count). The van der Waals surface area contributed by atoms with Crippen LogP contribution in [-0.4, -0.2) is 20.8 Å². The molecule has 190 valence electrons. The summed E-state index contributed by atoms with van der Waals surface area (Å²) < 4.78 is 9.62. The van der Waals surface area contributed by atoms with Crippen molar-refractivity contribution in [3.63, 3.8) is 0 Å². The van der Waals surface area contributed by atoms with Gasteiger partial charge in [0, 0.05) is 36.0 Å². The van der Waals surface area contributed by atoms with E-state index in [1.807, 2.05) is 45.0 Å². The Morgan fingerprint density at radius 1 is 1.08 bits per heavy atom. The van der Waals surface area contributed by atoms with Gasteiger partial charge in [0.2, 0.25) is 5.75 Å². The zero-order valence-corrected chi connectivity index (χ0v) is 24.8. The fraction of sp³-hybridized carbons (Fsp3) is 0.192. The summed E-state index contributed by atoms with van der Waals surface area (Å²) in [7, 11) is 0. The number of hydrogen-bond acceptors (Lipinski definition) is 6. The van der Waals surface area contributed by atoms with E-state index in [9.17, 15) is 14.9 Å². The van der Waals surface area contributed by atoms with E-state index < -0.39 is 10.3 Å². The molecule has 1 heterocycles. The molecule has 8 nitrogen and oxygen atoms in total. The van der Waals surface area contributed by atoms with E-state index in [-0.39, 0.29) is 23.6 Å². The zero-order valence-electron chi connectivity index (χ0n) is 20.0. The van der Waals surface area contributed by atoms with Gasteiger partial charge in [-0.3, -0.25) is 14.9 Å². The Morgan fingerprint density at radius 3 is 2.46 bits per heavy atom. The molecule has 0 N–H and O–H groups in total. The molecule has 0 saturated heterocycles. The average molecular weight is 693 g/mol. The smallest absolute Gasteiger partial charge is 0.311 e. The standard InChI is InChI=1S/C26H21Br3N4O4/c1-26(2,3)25-31-21-10-9-17(27)11-19(21)24(34)32(25)30-13-15-5-4-6-22(33(35)36)23(15)37-14-16-7-8-18(28)12-20(16)29/h4-13H,14H2,1-3H3. The van der Waals surface area contributed by atoms with Crippen LogP contribution in [0.2, 0.25) is 0 Å². The van der Waals surface area contributed by atoms with Crippen LogP contribution in [0.4, 0.5) is 5.69 Å². The number of aromatic nitrogens is 2. The van der Waals surface area contributed by atoms with Crippen molar-refractivity contribution in [2.75, 3.05) is 0 Å². The highest BCUT2D eigenvalue weighted by Crippen LogP contribution is 2.32. The van der Waals surface area contributed by atoms with E-state index in [0.29, 0.717) is 22.3 Å². The minimum absolute atomic E-state index is 0.0490. The number of halogens is 3. The van der Waals surface area contributed by atoms with Gasteiger partial charge in [0.25, 0.3) is 5.56 Å². The third-order valence-corrected chi connectivity index (χ3v) is 7.12. The van der Waals surface area contributed by atoms with E-state index in [0.717, 1.165) is 19.0 Å². The van der Waals surface area contributed by atoms with Gasteiger partial charge in [-0.25, -0.2) is 4.98 Å². The highest BCUT2D eigenvalue weighted by atomic mass is 79.9. The van der Waals surface area contributed by atoms with Gasteiger partial charge in [-0.05, 0) is 36.4 Å². The predicted molar refractivity (Wildman–Crippen MR) is 155 cm³/mol. The summed E-state index contributed by atoms with van der Waals surface area (Å²) in [5.74, 6) is 0.503. The van der Waals surface area contributed by atoms with Crippen molar-refractivity contribution < 1.29 is 9.66 Å². The van der Waals surface area contributed by atoms with Gasteiger partial charge >= 0.3 is 5.69 Å². The lowest BCUT2D eigenvalue weighted by Crippen LogP contribution is -2.29. The van der Waals surface area contributed by atoms with Crippen molar-refractivity contribution in [1.29, 1.82) is 0 Å². The second-order valence-electron chi connectivity index (χ2n) is 9.19. The van der Waals surface area contributed by atoms with Crippen LogP contribution in [0.3, 0.4) is 0 Å². The van der Waals surface area contributed by atoms with Gasteiger partial charge < -0.3 is 4.74 Å². The normalized spacial score (nSPS) is 11.8. The summed E-state index contributed by atoms with van der Waals surface area (Å²) in [4.78, 5) is 29.4. The summed E-state index contributed by atoms with van der Waals surface area (Å²) in [5.41, 5.74) is 0.654. The Labute approximate surface area is 237 Å². The van der Waals surface area contributed by atoms with Crippen molar-refractivity contribution in [2.24, 2.45) is 5.10 Å². The molecule has 0 fully saturated rings. The largest absolute Gasteiger partial charge is 0.481 e. The van der Waals surface area contributed by atoms with Crippen LogP contribution in [-0.2, 0) is 12.0 Å². The van der Waals surface area contributed by atoms with Crippen LogP contribution < -0.4 is 10.3 Å². The molecule has 0 bridgehead atoms. The number of rotatable bonds is 6. The van der Waals surface area contributed by atoms with Gasteiger partial charge in [-0.15, -0.1) is 0 Å². The molecule has 0 amide bonds. The van der Waals surface area contributed by atoms with Crippen LogP contribution in [0.1, 0.15) is 37.7 Å². The molecule has 0 aliphatic carbocycles. The number of nitro benzene ring substituents is 1. The molecule has 0 aliphatic heterocycles. The van der Waals surface area contributed by atoms with E-state index in [1.54, 1.807) is 24.3 Å². The molecule has 0 atom stereocenters. The molecule has 37 heavy (non-hydrogen) atoms. The van der Waals surface area contributed by atoms with Crippen LogP contribution in [0.25, 0.3) is 10.9 Å². The van der Waals surface area contributed by atoms with E-state index in [2.05, 4.69) is 52.9 Å². The fourth-order valence-electron chi connectivity index (χ4n) is 3.59. The number of nitro groups is 1. The summed E-state index contributed by atoms with van der Waals surface area (Å²) in [5, 5.41) is 16.6. The van der Waals surface area contributed by atoms with Crippen molar-refractivity contribution in [1.82, 2.24) is 9.66 Å². The maximum absolute atomic E-state index is 13.4. The molecule has 0 spiro atoms. The highest BCUT2D eigenvalue weighted by molar-refractivity contribution is 9.11. The molecular weight excluding hydrogens is 672 g/mol. The minimum Gasteiger partial charge on any atom is -0.481 e. The van der Waals surface area contributed by atoms with Crippen LogP contribution >= 0.6 is 47.8 Å². The van der Waals surface area contributed by atoms with Gasteiger partial charge in [0.1, 0.15) is 12.4 Å². The molecule has 0 radical (unpaired) electrons. The number of nitrogens with zero attached hydrogens (tertiary/aromatic N) is 4. The van der Waals surface area contributed by atoms with Crippen molar-refractivity contribution in [3.05, 3.63) is 105 Å². The van der Waals surface area contributed by atoms with Gasteiger partial charge in [0.05, 0.1) is 22.0 Å². The summed E-state index contributed by atoms with van der Waals surface area (Å²) in [6.45, 7) is 5.88.